The average molecular weight is 332 g/mol. The van der Waals surface area contributed by atoms with E-state index in [4.69, 9.17) is 0 Å². The molecule has 0 aliphatic rings. The average Bonchev–Trinajstić information content (AvgIpc) is 2.54. The Kier molecular flexibility index (Phi) is 5.05. The van der Waals surface area contributed by atoms with Crippen molar-refractivity contribution in [2.24, 2.45) is 0 Å². The molecule has 0 aliphatic heterocycles. The van der Waals surface area contributed by atoms with E-state index in [0.29, 0.717) is 11.4 Å². The zero-order chi connectivity index (χ0) is 17.0. The van der Waals surface area contributed by atoms with Gasteiger partial charge in [0.2, 0.25) is 5.91 Å². The van der Waals surface area contributed by atoms with Gasteiger partial charge in [0.25, 0.3) is 10.0 Å². The predicted octanol–water partition coefficient (Wildman–Crippen LogP) is 3.03. The maximum Gasteiger partial charge on any atom is 0.261 e. The molecule has 0 saturated heterocycles. The Balaban J connectivity index is 2.20. The Bertz CT molecular complexity index is 782. The van der Waals surface area contributed by atoms with Crippen LogP contribution in [0.1, 0.15) is 19.4 Å². The third-order valence-corrected chi connectivity index (χ3v) is 5.02. The highest BCUT2D eigenvalue weighted by Crippen LogP contribution is 2.20. The quantitative estimate of drug-likeness (QED) is 0.915. The van der Waals surface area contributed by atoms with E-state index in [1.807, 2.05) is 19.1 Å². The minimum atomic E-state index is -3.65. The summed E-state index contributed by atoms with van der Waals surface area (Å²) in [5.74, 6) is -0.116. The van der Waals surface area contributed by atoms with Crippen LogP contribution in [0.3, 0.4) is 0 Å². The predicted molar refractivity (Wildman–Crippen MR) is 92.2 cm³/mol. The molecule has 6 heteroatoms. The largest absolute Gasteiger partial charge is 0.316 e. The van der Waals surface area contributed by atoms with Crippen LogP contribution >= 0.6 is 0 Å². The first-order valence-corrected chi connectivity index (χ1v) is 8.78. The summed E-state index contributed by atoms with van der Waals surface area (Å²) in [5, 5.41) is 0. The Morgan fingerprint density at radius 1 is 1.04 bits per heavy atom. The molecule has 0 heterocycles. The van der Waals surface area contributed by atoms with Crippen LogP contribution in [0, 0.1) is 0 Å². The molecule has 5 nitrogen and oxygen atoms in total. The second-order valence-electron chi connectivity index (χ2n) is 5.23. The summed E-state index contributed by atoms with van der Waals surface area (Å²) in [6.45, 7) is 3.49. The molecule has 2 aromatic rings. The molecule has 1 N–H and O–H groups in total. The van der Waals surface area contributed by atoms with Gasteiger partial charge in [-0.1, -0.05) is 19.1 Å². The Labute approximate surface area is 137 Å². The third kappa shape index (κ3) is 4.10. The minimum absolute atomic E-state index is 0.116. The van der Waals surface area contributed by atoms with Gasteiger partial charge in [-0.3, -0.25) is 9.52 Å². The van der Waals surface area contributed by atoms with Gasteiger partial charge in [0.05, 0.1) is 4.90 Å². The lowest BCUT2D eigenvalue weighted by atomic mass is 10.2. The molecule has 0 unspecified atom stereocenters. The van der Waals surface area contributed by atoms with Crippen molar-refractivity contribution in [3.63, 3.8) is 0 Å². The van der Waals surface area contributed by atoms with Gasteiger partial charge in [-0.05, 0) is 48.4 Å². The van der Waals surface area contributed by atoms with Gasteiger partial charge in [0.15, 0.2) is 0 Å². The molecule has 0 bridgehead atoms. The van der Waals surface area contributed by atoms with Crippen LogP contribution in [-0.2, 0) is 21.2 Å². The van der Waals surface area contributed by atoms with E-state index in [0.717, 1.165) is 12.0 Å². The van der Waals surface area contributed by atoms with Crippen molar-refractivity contribution < 1.29 is 13.2 Å². The molecule has 122 valence electrons. The van der Waals surface area contributed by atoms with Crippen molar-refractivity contribution in [2.45, 2.75) is 25.2 Å². The number of benzene rings is 2. The standard InChI is InChI=1S/C17H20N2O3S/c1-4-14-5-7-15(8-6-14)18-23(21,22)17-11-9-16(10-12-17)19(3)13(2)20/h5-12,18H,4H2,1-3H3. The number of anilines is 2. The lowest BCUT2D eigenvalue weighted by Gasteiger charge is -2.15. The molecular weight excluding hydrogens is 312 g/mol. The van der Waals surface area contributed by atoms with Crippen molar-refractivity contribution in [1.82, 2.24) is 0 Å². The molecule has 0 saturated carbocycles. The van der Waals surface area contributed by atoms with Gasteiger partial charge in [-0.15, -0.1) is 0 Å². The van der Waals surface area contributed by atoms with Gasteiger partial charge in [-0.25, -0.2) is 8.42 Å². The first kappa shape index (κ1) is 17.0. The van der Waals surface area contributed by atoms with Crippen molar-refractivity contribution in [3.05, 3.63) is 54.1 Å². The molecule has 0 aromatic heterocycles. The number of carbonyl (C=O) groups is 1. The Hall–Kier alpha value is -2.34. The van der Waals surface area contributed by atoms with Crippen LogP contribution in [-0.4, -0.2) is 21.4 Å². The maximum atomic E-state index is 12.4. The minimum Gasteiger partial charge on any atom is -0.316 e. The van der Waals surface area contributed by atoms with Crippen LogP contribution < -0.4 is 9.62 Å². The number of carbonyl (C=O) groups excluding carboxylic acids is 1. The van der Waals surface area contributed by atoms with E-state index in [2.05, 4.69) is 4.72 Å². The van der Waals surface area contributed by atoms with Gasteiger partial charge in [-0.2, -0.15) is 0 Å². The van der Waals surface area contributed by atoms with E-state index in [-0.39, 0.29) is 10.8 Å². The fourth-order valence-electron chi connectivity index (χ4n) is 2.05. The van der Waals surface area contributed by atoms with E-state index < -0.39 is 10.0 Å². The third-order valence-electron chi connectivity index (χ3n) is 3.62. The molecule has 0 aliphatic carbocycles. The first-order valence-electron chi connectivity index (χ1n) is 7.29. The number of hydrogen-bond acceptors (Lipinski definition) is 3. The lowest BCUT2D eigenvalue weighted by molar-refractivity contribution is -0.116. The van der Waals surface area contributed by atoms with Crippen LogP contribution in [0.25, 0.3) is 0 Å². The molecule has 2 aromatic carbocycles. The molecule has 0 spiro atoms. The molecule has 2 rings (SSSR count). The molecule has 0 fully saturated rings. The highest BCUT2D eigenvalue weighted by atomic mass is 32.2. The number of hydrogen-bond donors (Lipinski definition) is 1. The zero-order valence-corrected chi connectivity index (χ0v) is 14.2. The molecular formula is C17H20N2O3S. The fourth-order valence-corrected chi connectivity index (χ4v) is 3.11. The van der Waals surface area contributed by atoms with Crippen molar-refractivity contribution in [3.8, 4) is 0 Å². The molecule has 23 heavy (non-hydrogen) atoms. The highest BCUT2D eigenvalue weighted by molar-refractivity contribution is 7.92. The van der Waals surface area contributed by atoms with Gasteiger partial charge in [0, 0.05) is 25.3 Å². The number of aryl methyl sites for hydroxylation is 1. The van der Waals surface area contributed by atoms with E-state index in [1.165, 1.54) is 24.0 Å². The molecule has 1 amide bonds. The van der Waals surface area contributed by atoms with Crippen molar-refractivity contribution >= 4 is 27.3 Å². The summed E-state index contributed by atoms with van der Waals surface area (Å²) in [4.78, 5) is 12.9. The number of amides is 1. The maximum absolute atomic E-state index is 12.4. The zero-order valence-electron chi connectivity index (χ0n) is 13.4. The highest BCUT2D eigenvalue weighted by Gasteiger charge is 2.15. The van der Waals surface area contributed by atoms with Crippen LogP contribution in [0.4, 0.5) is 11.4 Å². The van der Waals surface area contributed by atoms with Gasteiger partial charge >= 0.3 is 0 Å². The summed E-state index contributed by atoms with van der Waals surface area (Å²) in [7, 11) is -2.01. The summed E-state index contributed by atoms with van der Waals surface area (Å²) < 4.78 is 27.3. The second kappa shape index (κ2) is 6.83. The van der Waals surface area contributed by atoms with Crippen LogP contribution in [0.2, 0.25) is 0 Å². The normalized spacial score (nSPS) is 11.1. The number of nitrogens with zero attached hydrogens (tertiary/aromatic N) is 1. The van der Waals surface area contributed by atoms with Crippen LogP contribution in [0.5, 0.6) is 0 Å². The number of nitrogens with one attached hydrogen (secondary N) is 1. The van der Waals surface area contributed by atoms with E-state index in [9.17, 15) is 13.2 Å². The van der Waals surface area contributed by atoms with Crippen LogP contribution in [0.15, 0.2) is 53.4 Å². The summed E-state index contributed by atoms with van der Waals surface area (Å²) in [6, 6.07) is 13.5. The fraction of sp³-hybridized carbons (Fsp3) is 0.235. The smallest absolute Gasteiger partial charge is 0.261 e. The molecule has 0 atom stereocenters. The Morgan fingerprint density at radius 3 is 2.09 bits per heavy atom. The summed E-state index contributed by atoms with van der Waals surface area (Å²) in [6.07, 6.45) is 0.901. The van der Waals surface area contributed by atoms with Gasteiger partial charge < -0.3 is 4.90 Å². The second-order valence-corrected chi connectivity index (χ2v) is 6.91. The summed E-state index contributed by atoms with van der Waals surface area (Å²) in [5.41, 5.74) is 2.31. The summed E-state index contributed by atoms with van der Waals surface area (Å²) >= 11 is 0. The SMILES string of the molecule is CCc1ccc(NS(=O)(=O)c2ccc(N(C)C(C)=O)cc2)cc1. The number of rotatable bonds is 5. The molecule has 0 radical (unpaired) electrons. The monoisotopic (exact) mass is 332 g/mol. The van der Waals surface area contributed by atoms with E-state index in [1.54, 1.807) is 31.3 Å². The van der Waals surface area contributed by atoms with Crippen molar-refractivity contribution in [1.29, 1.82) is 0 Å². The van der Waals surface area contributed by atoms with Gasteiger partial charge in [0.1, 0.15) is 0 Å². The van der Waals surface area contributed by atoms with Crippen molar-refractivity contribution in [2.75, 3.05) is 16.7 Å². The lowest BCUT2D eigenvalue weighted by Crippen LogP contribution is -2.22. The topological polar surface area (TPSA) is 66.5 Å². The first-order chi connectivity index (χ1) is 10.8. The number of sulfonamides is 1. The Morgan fingerprint density at radius 2 is 1.61 bits per heavy atom. The van der Waals surface area contributed by atoms with E-state index >= 15 is 0 Å².